The zero-order valence-corrected chi connectivity index (χ0v) is 13.5. The molecule has 0 aliphatic carbocycles. The predicted octanol–water partition coefficient (Wildman–Crippen LogP) is 5.12. The second-order valence-electron chi connectivity index (χ2n) is 5.29. The van der Waals surface area contributed by atoms with E-state index in [1.54, 1.807) is 0 Å². The normalized spacial score (nSPS) is 20.0. The molecule has 1 nitrogen and oxygen atoms in total. The van der Waals surface area contributed by atoms with E-state index in [1.807, 2.05) is 41.7 Å². The molecule has 0 aromatic heterocycles. The summed E-state index contributed by atoms with van der Waals surface area (Å²) in [6.45, 7) is 0. The second kappa shape index (κ2) is 5.82. The Kier molecular flexibility index (Phi) is 3.68. The van der Waals surface area contributed by atoms with Gasteiger partial charge in [-0.05, 0) is 28.8 Å². The van der Waals surface area contributed by atoms with Crippen molar-refractivity contribution in [1.29, 1.82) is 0 Å². The lowest BCUT2D eigenvalue weighted by molar-refractivity contribution is -0.105. The molecule has 0 N–H and O–H groups in total. The van der Waals surface area contributed by atoms with Gasteiger partial charge in [0.15, 0.2) is 0 Å². The first-order chi connectivity index (χ1) is 10.9. The molecule has 0 radical (unpaired) electrons. The van der Waals surface area contributed by atoms with E-state index < -0.39 is 0 Å². The van der Waals surface area contributed by atoms with E-state index >= 15 is 0 Å². The van der Waals surface area contributed by atoms with Gasteiger partial charge >= 0.3 is 0 Å². The molecule has 0 bridgehead atoms. The quantitative estimate of drug-likeness (QED) is 0.715. The molecular weight excluding hydrogens is 308 g/mol. The summed E-state index contributed by atoms with van der Waals surface area (Å²) in [6, 6.07) is 18.7. The van der Waals surface area contributed by atoms with Crippen LogP contribution < -0.4 is 0 Å². The Morgan fingerprint density at radius 1 is 1.00 bits per heavy atom. The van der Waals surface area contributed by atoms with Crippen molar-refractivity contribution in [2.45, 2.75) is 10.1 Å². The fourth-order valence-corrected chi connectivity index (χ4v) is 5.41. The third kappa shape index (κ3) is 2.34. The molecule has 1 atom stereocenters. The summed E-state index contributed by atoms with van der Waals surface area (Å²) in [4.78, 5) is 14.3. The van der Waals surface area contributed by atoms with Gasteiger partial charge in [0, 0.05) is 21.1 Å². The lowest BCUT2D eigenvalue weighted by Crippen LogP contribution is -2.10. The van der Waals surface area contributed by atoms with Crippen molar-refractivity contribution >= 4 is 35.4 Å². The Labute approximate surface area is 138 Å². The summed E-state index contributed by atoms with van der Waals surface area (Å²) in [5, 5.41) is 0.114. The van der Waals surface area contributed by atoms with Crippen LogP contribution in [0.5, 0.6) is 0 Å². The standard InChI is InChI=1S/C19H14OS2/c20-11-14-10-16-15-8-4-5-9-17(15)21-12-18(16)22-19(14)13-6-2-1-3-7-13/h1-11,19H,12H2. The molecule has 1 unspecified atom stereocenters. The Balaban J connectivity index is 1.80. The largest absolute Gasteiger partial charge is 0.298 e. The molecule has 0 spiro atoms. The zero-order chi connectivity index (χ0) is 14.9. The average molecular weight is 322 g/mol. The molecule has 22 heavy (non-hydrogen) atoms. The second-order valence-corrected chi connectivity index (χ2v) is 7.51. The number of aldehydes is 1. The number of hydrogen-bond acceptors (Lipinski definition) is 3. The van der Waals surface area contributed by atoms with E-state index in [4.69, 9.17) is 0 Å². The highest BCUT2D eigenvalue weighted by atomic mass is 32.2. The van der Waals surface area contributed by atoms with Gasteiger partial charge in [0.25, 0.3) is 0 Å². The van der Waals surface area contributed by atoms with Crippen LogP contribution in [0.1, 0.15) is 16.4 Å². The summed E-state index contributed by atoms with van der Waals surface area (Å²) in [7, 11) is 0. The van der Waals surface area contributed by atoms with E-state index in [0.29, 0.717) is 0 Å². The molecule has 0 amide bonds. The maximum atomic E-state index is 11.6. The number of carbonyl (C=O) groups excluding carboxylic acids is 1. The number of rotatable bonds is 2. The maximum Gasteiger partial charge on any atom is 0.147 e. The van der Waals surface area contributed by atoms with Gasteiger partial charge in [0.05, 0.1) is 5.25 Å². The van der Waals surface area contributed by atoms with Crippen LogP contribution in [-0.2, 0) is 4.79 Å². The van der Waals surface area contributed by atoms with Gasteiger partial charge in [-0.3, -0.25) is 4.79 Å². The number of thioether (sulfide) groups is 2. The van der Waals surface area contributed by atoms with Crippen molar-refractivity contribution in [1.82, 2.24) is 0 Å². The van der Waals surface area contributed by atoms with Crippen molar-refractivity contribution in [2.24, 2.45) is 0 Å². The molecule has 2 aliphatic rings. The third-order valence-corrected chi connectivity index (χ3v) is 6.66. The fraction of sp³-hybridized carbons (Fsp3) is 0.105. The highest BCUT2D eigenvalue weighted by Crippen LogP contribution is 2.51. The topological polar surface area (TPSA) is 17.1 Å². The Morgan fingerprint density at radius 3 is 2.59 bits per heavy atom. The van der Waals surface area contributed by atoms with Crippen LogP contribution >= 0.6 is 23.5 Å². The lowest BCUT2D eigenvalue weighted by Gasteiger charge is -2.29. The molecule has 0 saturated heterocycles. The highest BCUT2D eigenvalue weighted by Gasteiger charge is 2.28. The van der Waals surface area contributed by atoms with Crippen molar-refractivity contribution in [3.05, 3.63) is 82.3 Å². The molecule has 4 rings (SSSR count). The van der Waals surface area contributed by atoms with Crippen molar-refractivity contribution in [3.8, 4) is 0 Å². The monoisotopic (exact) mass is 322 g/mol. The summed E-state index contributed by atoms with van der Waals surface area (Å²) in [5.41, 5.74) is 4.54. The molecule has 2 heterocycles. The average Bonchev–Trinajstić information content (AvgIpc) is 2.61. The van der Waals surface area contributed by atoms with Crippen molar-refractivity contribution in [3.63, 3.8) is 0 Å². The smallest absolute Gasteiger partial charge is 0.147 e. The first-order valence-electron chi connectivity index (χ1n) is 7.20. The van der Waals surface area contributed by atoms with Gasteiger partial charge in [0.2, 0.25) is 0 Å². The van der Waals surface area contributed by atoms with Crippen LogP contribution in [0.3, 0.4) is 0 Å². The summed E-state index contributed by atoms with van der Waals surface area (Å²) < 4.78 is 0. The Hall–Kier alpha value is -1.71. The number of carbonyl (C=O) groups is 1. The van der Waals surface area contributed by atoms with E-state index in [0.717, 1.165) is 17.6 Å². The summed E-state index contributed by atoms with van der Waals surface area (Å²) >= 11 is 3.71. The van der Waals surface area contributed by atoms with Crippen LogP contribution in [0, 0.1) is 0 Å². The fourth-order valence-electron chi connectivity index (χ4n) is 2.88. The van der Waals surface area contributed by atoms with Crippen LogP contribution in [0.2, 0.25) is 0 Å². The van der Waals surface area contributed by atoms with Gasteiger partial charge in [0.1, 0.15) is 6.29 Å². The van der Waals surface area contributed by atoms with Crippen LogP contribution in [0.15, 0.2) is 76.0 Å². The molecule has 2 aromatic carbocycles. The zero-order valence-electron chi connectivity index (χ0n) is 11.9. The van der Waals surface area contributed by atoms with Crippen LogP contribution in [0.4, 0.5) is 0 Å². The summed E-state index contributed by atoms with van der Waals surface area (Å²) in [5.74, 6) is 0.989. The first kappa shape index (κ1) is 13.9. The van der Waals surface area contributed by atoms with Gasteiger partial charge < -0.3 is 0 Å². The number of allylic oxidation sites excluding steroid dienone is 2. The van der Waals surface area contributed by atoms with Gasteiger partial charge in [-0.25, -0.2) is 0 Å². The van der Waals surface area contributed by atoms with E-state index in [9.17, 15) is 4.79 Å². The van der Waals surface area contributed by atoms with Crippen LogP contribution in [0.25, 0.3) is 5.57 Å². The molecular formula is C19H14OS2. The van der Waals surface area contributed by atoms with Crippen LogP contribution in [-0.4, -0.2) is 12.0 Å². The number of benzene rings is 2. The molecule has 0 saturated carbocycles. The minimum absolute atomic E-state index is 0.114. The van der Waals surface area contributed by atoms with Gasteiger partial charge in [-0.15, -0.1) is 23.5 Å². The van der Waals surface area contributed by atoms with E-state index in [-0.39, 0.29) is 5.25 Å². The summed E-state index contributed by atoms with van der Waals surface area (Å²) in [6.07, 6.45) is 3.11. The molecule has 0 fully saturated rings. The lowest BCUT2D eigenvalue weighted by atomic mass is 9.98. The Bertz CT molecular complexity index is 790. The van der Waals surface area contributed by atoms with E-state index in [2.05, 4.69) is 42.5 Å². The van der Waals surface area contributed by atoms with E-state index in [1.165, 1.54) is 26.5 Å². The molecule has 3 heteroatoms. The van der Waals surface area contributed by atoms with Crippen molar-refractivity contribution < 1.29 is 4.79 Å². The molecule has 108 valence electrons. The van der Waals surface area contributed by atoms with Gasteiger partial charge in [-0.2, -0.15) is 0 Å². The molecule has 2 aliphatic heterocycles. The minimum atomic E-state index is 0.114. The third-order valence-electron chi connectivity index (χ3n) is 3.95. The van der Waals surface area contributed by atoms with Crippen molar-refractivity contribution in [2.75, 3.05) is 5.75 Å². The molecule has 2 aromatic rings. The SMILES string of the molecule is O=CC1=CC2=C(CSc3ccccc32)SC1c1ccccc1. The van der Waals surface area contributed by atoms with Gasteiger partial charge in [-0.1, -0.05) is 48.5 Å². The number of hydrogen-bond donors (Lipinski definition) is 0. The minimum Gasteiger partial charge on any atom is -0.298 e. The predicted molar refractivity (Wildman–Crippen MR) is 95.0 cm³/mol. The first-order valence-corrected chi connectivity index (χ1v) is 9.07. The highest BCUT2D eigenvalue weighted by molar-refractivity contribution is 8.06. The number of fused-ring (bicyclic) bond motifs is 2. The maximum absolute atomic E-state index is 11.6. The Morgan fingerprint density at radius 2 is 1.77 bits per heavy atom.